The molecule has 0 saturated carbocycles. The summed E-state index contributed by atoms with van der Waals surface area (Å²) in [5.74, 6) is -3.62. The van der Waals surface area contributed by atoms with E-state index in [1.54, 1.807) is 53.7 Å². The van der Waals surface area contributed by atoms with Gasteiger partial charge in [-0.1, -0.05) is 26.0 Å². The van der Waals surface area contributed by atoms with Crippen molar-refractivity contribution in [3.63, 3.8) is 0 Å². The van der Waals surface area contributed by atoms with E-state index in [1.807, 2.05) is 0 Å². The molecule has 0 unspecified atom stereocenters. The molecule has 10 nitrogen and oxygen atoms in total. The Bertz CT molecular complexity index is 909. The van der Waals surface area contributed by atoms with Crippen molar-refractivity contribution in [2.24, 2.45) is 5.92 Å². The summed E-state index contributed by atoms with van der Waals surface area (Å²) in [4.78, 5) is 61.4. The highest BCUT2D eigenvalue weighted by Gasteiger charge is 2.35. The number of benzene rings is 1. The van der Waals surface area contributed by atoms with Gasteiger partial charge in [-0.2, -0.15) is 0 Å². The number of carbonyl (C=O) groups is 5. The molecule has 0 aromatic heterocycles. The summed E-state index contributed by atoms with van der Waals surface area (Å²) < 4.78 is 9.90. The molecule has 0 fully saturated rings. The lowest BCUT2D eigenvalue weighted by molar-refractivity contribution is -0.149. The van der Waals surface area contributed by atoms with Gasteiger partial charge in [-0.05, 0) is 57.7 Å². The lowest BCUT2D eigenvalue weighted by Gasteiger charge is -2.30. The third kappa shape index (κ3) is 8.70. The van der Waals surface area contributed by atoms with Gasteiger partial charge in [0.2, 0.25) is 11.8 Å². The van der Waals surface area contributed by atoms with Crippen LogP contribution in [0.25, 0.3) is 0 Å². The predicted octanol–water partition coefficient (Wildman–Crippen LogP) is 2.19. The molecule has 194 valence electrons. The van der Waals surface area contributed by atoms with E-state index >= 15 is 0 Å². The standard InChI is InChI=1S/C25H36N2O8/c1-7-34-19(28)14-13-18(23(32)35-8-2)26-21(29)20(15(3)4)27-24(33)25(5,6)17-11-9-16(10-12-17)22(30)31/h9-12,15,18,20H,7-8,13-14H2,1-6H3,(H,26,29)(H,27,33)(H,30,31)/t18-,20+/m1/s1. The van der Waals surface area contributed by atoms with Gasteiger partial charge < -0.3 is 25.2 Å². The number of carbonyl (C=O) groups excluding carboxylic acids is 4. The van der Waals surface area contributed by atoms with Gasteiger partial charge in [0.25, 0.3) is 0 Å². The van der Waals surface area contributed by atoms with Crippen LogP contribution in [0.15, 0.2) is 24.3 Å². The van der Waals surface area contributed by atoms with Crippen LogP contribution in [0.4, 0.5) is 0 Å². The summed E-state index contributed by atoms with van der Waals surface area (Å²) in [6, 6.07) is 3.88. The van der Waals surface area contributed by atoms with Crippen LogP contribution in [-0.4, -0.2) is 60.1 Å². The number of esters is 2. The lowest BCUT2D eigenvalue weighted by atomic mass is 9.82. The molecule has 35 heavy (non-hydrogen) atoms. The van der Waals surface area contributed by atoms with Crippen LogP contribution < -0.4 is 10.6 Å². The molecular weight excluding hydrogens is 456 g/mol. The predicted molar refractivity (Wildman–Crippen MR) is 128 cm³/mol. The molecule has 0 aliphatic carbocycles. The molecule has 3 N–H and O–H groups in total. The first-order valence-electron chi connectivity index (χ1n) is 11.6. The monoisotopic (exact) mass is 492 g/mol. The van der Waals surface area contributed by atoms with Crippen molar-refractivity contribution in [3.8, 4) is 0 Å². The van der Waals surface area contributed by atoms with E-state index in [1.165, 1.54) is 12.1 Å². The van der Waals surface area contributed by atoms with E-state index in [0.29, 0.717) is 5.56 Å². The number of ether oxygens (including phenoxy) is 2. The SMILES string of the molecule is CCOC(=O)CC[C@@H](NC(=O)[C@@H](NC(=O)C(C)(C)c1ccc(C(=O)O)cc1)C(C)C)C(=O)OCC. The Morgan fingerprint density at radius 1 is 0.943 bits per heavy atom. The highest BCUT2D eigenvalue weighted by Crippen LogP contribution is 2.24. The molecule has 0 radical (unpaired) electrons. The second-order valence-corrected chi connectivity index (χ2v) is 8.86. The maximum Gasteiger partial charge on any atom is 0.335 e. The van der Waals surface area contributed by atoms with Crippen molar-refractivity contribution in [1.82, 2.24) is 10.6 Å². The van der Waals surface area contributed by atoms with Gasteiger partial charge in [0, 0.05) is 6.42 Å². The van der Waals surface area contributed by atoms with Crippen LogP contribution in [-0.2, 0) is 34.1 Å². The summed E-state index contributed by atoms with van der Waals surface area (Å²) in [6.45, 7) is 10.4. The Balaban J connectivity index is 3.01. The van der Waals surface area contributed by atoms with Gasteiger partial charge in [-0.3, -0.25) is 14.4 Å². The number of hydrogen-bond donors (Lipinski definition) is 3. The quantitative estimate of drug-likeness (QED) is 0.355. The van der Waals surface area contributed by atoms with Gasteiger partial charge in [0.15, 0.2) is 0 Å². The van der Waals surface area contributed by atoms with Crippen molar-refractivity contribution in [2.45, 2.75) is 71.9 Å². The zero-order valence-corrected chi connectivity index (χ0v) is 21.2. The number of hydrogen-bond acceptors (Lipinski definition) is 7. The second kappa shape index (κ2) is 13.5. The van der Waals surface area contributed by atoms with E-state index < -0.39 is 47.2 Å². The van der Waals surface area contributed by atoms with Gasteiger partial charge in [0.05, 0.1) is 24.2 Å². The summed E-state index contributed by atoms with van der Waals surface area (Å²) in [5, 5.41) is 14.4. The molecule has 1 rings (SSSR count). The zero-order chi connectivity index (χ0) is 26.8. The van der Waals surface area contributed by atoms with Gasteiger partial charge >= 0.3 is 17.9 Å². The van der Waals surface area contributed by atoms with Crippen molar-refractivity contribution in [1.29, 1.82) is 0 Å². The minimum absolute atomic E-state index is 0.0103. The summed E-state index contributed by atoms with van der Waals surface area (Å²) in [6.07, 6.45) is -0.0980. The number of rotatable bonds is 13. The molecule has 0 saturated heterocycles. The fraction of sp³-hybridized carbons (Fsp3) is 0.560. The maximum atomic E-state index is 13.2. The Labute approximate surface area is 205 Å². The first kappa shape index (κ1) is 29.6. The largest absolute Gasteiger partial charge is 0.478 e. The van der Waals surface area contributed by atoms with E-state index in [4.69, 9.17) is 14.6 Å². The minimum Gasteiger partial charge on any atom is -0.478 e. The average molecular weight is 493 g/mol. The van der Waals surface area contributed by atoms with Gasteiger partial charge in [0.1, 0.15) is 12.1 Å². The molecule has 10 heteroatoms. The van der Waals surface area contributed by atoms with Crippen molar-refractivity contribution in [2.75, 3.05) is 13.2 Å². The summed E-state index contributed by atoms with van der Waals surface area (Å²) >= 11 is 0. The van der Waals surface area contributed by atoms with E-state index in [0.717, 1.165) is 0 Å². The molecule has 0 aliphatic heterocycles. The number of carboxylic acid groups (broad SMARTS) is 1. The summed E-state index contributed by atoms with van der Waals surface area (Å²) in [7, 11) is 0. The Morgan fingerprint density at radius 2 is 1.51 bits per heavy atom. The zero-order valence-electron chi connectivity index (χ0n) is 21.2. The first-order chi connectivity index (χ1) is 16.3. The number of carboxylic acids is 1. The minimum atomic E-state index is -1.08. The number of nitrogens with one attached hydrogen (secondary N) is 2. The van der Waals surface area contributed by atoms with E-state index in [-0.39, 0.29) is 37.5 Å². The van der Waals surface area contributed by atoms with Crippen molar-refractivity contribution >= 4 is 29.7 Å². The maximum absolute atomic E-state index is 13.2. The van der Waals surface area contributed by atoms with Gasteiger partial charge in [-0.25, -0.2) is 9.59 Å². The number of amides is 2. The van der Waals surface area contributed by atoms with Crippen molar-refractivity contribution < 1.29 is 38.6 Å². The van der Waals surface area contributed by atoms with Crippen LogP contribution in [0.3, 0.4) is 0 Å². The highest BCUT2D eigenvalue weighted by atomic mass is 16.5. The van der Waals surface area contributed by atoms with Crippen molar-refractivity contribution in [3.05, 3.63) is 35.4 Å². The molecule has 0 spiro atoms. The van der Waals surface area contributed by atoms with Gasteiger partial charge in [-0.15, -0.1) is 0 Å². The average Bonchev–Trinajstić information content (AvgIpc) is 2.79. The normalized spacial score (nSPS) is 12.9. The van der Waals surface area contributed by atoms with Crippen LogP contribution >= 0.6 is 0 Å². The Morgan fingerprint density at radius 3 is 2.00 bits per heavy atom. The number of aromatic carboxylic acids is 1. The van der Waals surface area contributed by atoms with E-state index in [2.05, 4.69) is 10.6 Å². The van der Waals surface area contributed by atoms with Crippen LogP contribution in [0.2, 0.25) is 0 Å². The Kier molecular flexibility index (Phi) is 11.4. The van der Waals surface area contributed by atoms with Crippen LogP contribution in [0, 0.1) is 5.92 Å². The smallest absolute Gasteiger partial charge is 0.335 e. The van der Waals surface area contributed by atoms with Crippen LogP contribution in [0.1, 0.15) is 70.3 Å². The third-order valence-electron chi connectivity index (χ3n) is 5.49. The molecular formula is C25H36N2O8. The molecule has 0 heterocycles. The molecule has 0 aliphatic rings. The molecule has 0 bridgehead atoms. The molecule has 1 aromatic carbocycles. The van der Waals surface area contributed by atoms with E-state index in [9.17, 15) is 24.0 Å². The topological polar surface area (TPSA) is 148 Å². The van der Waals surface area contributed by atoms with Crippen LogP contribution in [0.5, 0.6) is 0 Å². The third-order valence-corrected chi connectivity index (χ3v) is 5.49. The first-order valence-corrected chi connectivity index (χ1v) is 11.6. The molecule has 1 aromatic rings. The Hall–Kier alpha value is -3.43. The molecule has 2 amide bonds. The molecule has 2 atom stereocenters. The second-order valence-electron chi connectivity index (χ2n) is 8.86. The fourth-order valence-corrected chi connectivity index (χ4v) is 3.27. The highest BCUT2D eigenvalue weighted by molar-refractivity contribution is 5.94. The lowest BCUT2D eigenvalue weighted by Crippen LogP contribution is -2.56. The summed E-state index contributed by atoms with van der Waals surface area (Å²) in [5.41, 5.74) is -0.409. The fourth-order valence-electron chi connectivity index (χ4n) is 3.27.